The van der Waals surface area contributed by atoms with Crippen molar-refractivity contribution in [1.29, 1.82) is 0 Å². The fraction of sp³-hybridized carbons (Fsp3) is 0.200. The maximum Gasteiger partial charge on any atom is 0.573 e. The fourth-order valence-corrected chi connectivity index (χ4v) is 1.14. The minimum atomic E-state index is -4.83. The van der Waals surface area contributed by atoms with E-state index in [1.807, 2.05) is 0 Å². The van der Waals surface area contributed by atoms with E-state index in [2.05, 4.69) is 15.8 Å². The highest BCUT2D eigenvalue weighted by molar-refractivity contribution is 6.34. The molecule has 0 radical (unpaired) electrons. The van der Waals surface area contributed by atoms with Crippen LogP contribution >= 0.6 is 0 Å². The Bertz CT molecular complexity index is 460. The fourth-order valence-electron chi connectivity index (χ4n) is 1.14. The molecule has 0 aliphatic rings. The second-order valence-corrected chi connectivity index (χ2v) is 3.20. The van der Waals surface area contributed by atoms with Crippen LogP contribution in [0.4, 0.5) is 13.2 Å². The standard InChI is InChI=1S/C10H9F3N2O3/c11-10(12,13)18-7-4-2-1-3-6(7)5-15-9(17)8(14)16/h1-4H,5H2,(H2,14,16)(H,15,17). The summed E-state index contributed by atoms with van der Waals surface area (Å²) in [5, 5.41) is 2.06. The summed E-state index contributed by atoms with van der Waals surface area (Å²) in [7, 11) is 0. The number of alkyl halides is 3. The number of halogens is 3. The van der Waals surface area contributed by atoms with Gasteiger partial charge in [0.15, 0.2) is 0 Å². The van der Waals surface area contributed by atoms with Crippen LogP contribution < -0.4 is 15.8 Å². The number of ether oxygens (including phenoxy) is 1. The van der Waals surface area contributed by atoms with Crippen LogP contribution in [0.1, 0.15) is 5.56 Å². The molecule has 0 fully saturated rings. The Labute approximate surface area is 99.7 Å². The van der Waals surface area contributed by atoms with Crippen LogP contribution in [0.5, 0.6) is 5.75 Å². The minimum absolute atomic E-state index is 0.0735. The highest BCUT2D eigenvalue weighted by Gasteiger charge is 2.31. The van der Waals surface area contributed by atoms with E-state index in [4.69, 9.17) is 0 Å². The van der Waals surface area contributed by atoms with Crippen molar-refractivity contribution in [3.05, 3.63) is 29.8 Å². The van der Waals surface area contributed by atoms with Gasteiger partial charge in [0.2, 0.25) is 0 Å². The molecule has 0 aliphatic heterocycles. The zero-order chi connectivity index (χ0) is 13.8. The summed E-state index contributed by atoms with van der Waals surface area (Å²) in [6.07, 6.45) is -4.83. The van der Waals surface area contributed by atoms with Crippen LogP contribution in [0.25, 0.3) is 0 Å². The van der Waals surface area contributed by atoms with Crippen molar-refractivity contribution in [2.24, 2.45) is 5.73 Å². The number of para-hydroxylation sites is 1. The van der Waals surface area contributed by atoms with Gasteiger partial charge in [0.25, 0.3) is 0 Å². The number of benzene rings is 1. The Balaban J connectivity index is 2.77. The number of hydrogen-bond donors (Lipinski definition) is 2. The van der Waals surface area contributed by atoms with Crippen LogP contribution in [0, 0.1) is 0 Å². The van der Waals surface area contributed by atoms with Crippen LogP contribution in [0.2, 0.25) is 0 Å². The normalized spacial score (nSPS) is 10.8. The highest BCUT2D eigenvalue weighted by Crippen LogP contribution is 2.25. The van der Waals surface area contributed by atoms with Gasteiger partial charge in [0.1, 0.15) is 5.75 Å². The number of nitrogens with two attached hydrogens (primary N) is 1. The Morgan fingerprint density at radius 3 is 2.44 bits per heavy atom. The molecule has 1 aromatic rings. The first kappa shape index (κ1) is 13.8. The molecule has 98 valence electrons. The number of carbonyl (C=O) groups is 2. The molecule has 0 aromatic heterocycles. The lowest BCUT2D eigenvalue weighted by atomic mass is 10.2. The molecule has 0 saturated carbocycles. The molecule has 5 nitrogen and oxygen atoms in total. The molecule has 0 saturated heterocycles. The van der Waals surface area contributed by atoms with Gasteiger partial charge in [0.05, 0.1) is 0 Å². The molecule has 8 heteroatoms. The Morgan fingerprint density at radius 1 is 1.28 bits per heavy atom. The van der Waals surface area contributed by atoms with Gasteiger partial charge in [-0.05, 0) is 6.07 Å². The van der Waals surface area contributed by atoms with E-state index in [0.717, 1.165) is 6.07 Å². The van der Waals surface area contributed by atoms with Crippen molar-refractivity contribution in [3.63, 3.8) is 0 Å². The van der Waals surface area contributed by atoms with Gasteiger partial charge in [0, 0.05) is 12.1 Å². The van der Waals surface area contributed by atoms with Crippen LogP contribution in [-0.4, -0.2) is 18.2 Å². The van der Waals surface area contributed by atoms with E-state index in [1.165, 1.54) is 18.2 Å². The second-order valence-electron chi connectivity index (χ2n) is 3.20. The van der Waals surface area contributed by atoms with Gasteiger partial charge >= 0.3 is 18.2 Å². The number of nitrogens with one attached hydrogen (secondary N) is 1. The largest absolute Gasteiger partial charge is 0.573 e. The topological polar surface area (TPSA) is 81.4 Å². The van der Waals surface area contributed by atoms with Crippen LogP contribution in [-0.2, 0) is 16.1 Å². The third-order valence-corrected chi connectivity index (χ3v) is 1.86. The zero-order valence-corrected chi connectivity index (χ0v) is 8.95. The Morgan fingerprint density at radius 2 is 1.89 bits per heavy atom. The summed E-state index contributed by atoms with van der Waals surface area (Å²) in [6, 6.07) is 5.23. The number of rotatable bonds is 3. The van der Waals surface area contributed by atoms with E-state index < -0.39 is 23.9 Å². The Hall–Kier alpha value is -2.25. The molecule has 0 heterocycles. The monoisotopic (exact) mass is 262 g/mol. The molecular weight excluding hydrogens is 253 g/mol. The Kier molecular flexibility index (Phi) is 4.13. The number of primary amides is 1. The molecule has 0 spiro atoms. The summed E-state index contributed by atoms with van der Waals surface area (Å²) in [5.74, 6) is -2.75. The predicted octanol–water partition coefficient (Wildman–Crippen LogP) is 0.687. The minimum Gasteiger partial charge on any atom is -0.405 e. The van der Waals surface area contributed by atoms with Gasteiger partial charge in [-0.3, -0.25) is 9.59 Å². The van der Waals surface area contributed by atoms with Crippen molar-refractivity contribution >= 4 is 11.8 Å². The average Bonchev–Trinajstić information content (AvgIpc) is 2.25. The van der Waals surface area contributed by atoms with Crippen molar-refractivity contribution in [3.8, 4) is 5.75 Å². The molecule has 0 unspecified atom stereocenters. The first-order chi connectivity index (χ1) is 8.29. The third-order valence-electron chi connectivity index (χ3n) is 1.86. The lowest BCUT2D eigenvalue weighted by Gasteiger charge is -2.13. The van der Waals surface area contributed by atoms with Crippen molar-refractivity contribution in [1.82, 2.24) is 5.32 Å². The van der Waals surface area contributed by atoms with Gasteiger partial charge in [-0.2, -0.15) is 0 Å². The smallest absolute Gasteiger partial charge is 0.405 e. The van der Waals surface area contributed by atoms with Crippen molar-refractivity contribution < 1.29 is 27.5 Å². The summed E-state index contributed by atoms with van der Waals surface area (Å²) in [6.45, 7) is -0.298. The van der Waals surface area contributed by atoms with Crippen LogP contribution in [0.3, 0.4) is 0 Å². The molecule has 18 heavy (non-hydrogen) atoms. The molecule has 1 aromatic carbocycles. The predicted molar refractivity (Wildman–Crippen MR) is 54.2 cm³/mol. The molecule has 0 aliphatic carbocycles. The zero-order valence-electron chi connectivity index (χ0n) is 8.95. The number of carbonyl (C=O) groups excluding carboxylic acids is 2. The maximum absolute atomic E-state index is 12.1. The number of hydrogen-bond acceptors (Lipinski definition) is 3. The van der Waals surface area contributed by atoms with E-state index in [0.29, 0.717) is 0 Å². The lowest BCUT2D eigenvalue weighted by Crippen LogP contribution is -2.35. The first-order valence-electron chi connectivity index (χ1n) is 4.71. The van der Waals surface area contributed by atoms with E-state index in [9.17, 15) is 22.8 Å². The van der Waals surface area contributed by atoms with Gasteiger partial charge in [-0.15, -0.1) is 13.2 Å². The van der Waals surface area contributed by atoms with Gasteiger partial charge in [-0.1, -0.05) is 18.2 Å². The third kappa shape index (κ3) is 4.32. The highest BCUT2D eigenvalue weighted by atomic mass is 19.4. The average molecular weight is 262 g/mol. The quantitative estimate of drug-likeness (QED) is 0.786. The molecule has 3 N–H and O–H groups in total. The number of amides is 2. The molecular formula is C10H9F3N2O3. The summed E-state index contributed by atoms with van der Waals surface area (Å²) in [4.78, 5) is 21.3. The van der Waals surface area contributed by atoms with Gasteiger partial charge in [-0.25, -0.2) is 0 Å². The molecule has 1 rings (SSSR count). The molecule has 2 amide bonds. The van der Waals surface area contributed by atoms with Gasteiger partial charge < -0.3 is 15.8 Å². The summed E-state index contributed by atoms with van der Waals surface area (Å²) < 4.78 is 40.0. The maximum atomic E-state index is 12.1. The van der Waals surface area contributed by atoms with Crippen LogP contribution in [0.15, 0.2) is 24.3 Å². The SMILES string of the molecule is NC(=O)C(=O)NCc1ccccc1OC(F)(F)F. The van der Waals surface area contributed by atoms with E-state index in [-0.39, 0.29) is 12.1 Å². The van der Waals surface area contributed by atoms with E-state index >= 15 is 0 Å². The summed E-state index contributed by atoms with van der Waals surface area (Å²) >= 11 is 0. The first-order valence-corrected chi connectivity index (χ1v) is 4.71. The van der Waals surface area contributed by atoms with Crippen molar-refractivity contribution in [2.45, 2.75) is 12.9 Å². The molecule has 0 bridgehead atoms. The summed E-state index contributed by atoms with van der Waals surface area (Å²) in [5.41, 5.74) is 4.75. The lowest BCUT2D eigenvalue weighted by molar-refractivity contribution is -0.274. The molecule has 0 atom stereocenters. The second kappa shape index (κ2) is 5.39. The van der Waals surface area contributed by atoms with E-state index in [1.54, 1.807) is 0 Å². The van der Waals surface area contributed by atoms with Crippen molar-refractivity contribution in [2.75, 3.05) is 0 Å².